The molecule has 3 rings (SSSR count). The molecule has 0 fully saturated rings. The molecule has 0 saturated heterocycles. The van der Waals surface area contributed by atoms with E-state index in [2.05, 4.69) is 20.3 Å². The predicted molar refractivity (Wildman–Crippen MR) is 98.8 cm³/mol. The van der Waals surface area contributed by atoms with E-state index in [0.29, 0.717) is 17.6 Å². The van der Waals surface area contributed by atoms with Crippen molar-refractivity contribution in [2.45, 2.75) is 39.7 Å². The summed E-state index contributed by atoms with van der Waals surface area (Å²) in [4.78, 5) is 37.6. The van der Waals surface area contributed by atoms with E-state index in [9.17, 15) is 9.59 Å². The van der Waals surface area contributed by atoms with Gasteiger partial charge >= 0.3 is 0 Å². The van der Waals surface area contributed by atoms with E-state index < -0.39 is 0 Å². The number of amides is 1. The highest BCUT2D eigenvalue weighted by atomic mass is 32.1. The zero-order valence-electron chi connectivity index (χ0n) is 14.4. The molecule has 0 bridgehead atoms. The molecule has 0 unspecified atom stereocenters. The molecule has 1 amide bonds. The van der Waals surface area contributed by atoms with Crippen LogP contribution in [0.3, 0.4) is 0 Å². The Morgan fingerprint density at radius 1 is 1.40 bits per heavy atom. The Balaban J connectivity index is 1.66. The summed E-state index contributed by atoms with van der Waals surface area (Å²) in [5, 5.41) is 3.59. The van der Waals surface area contributed by atoms with E-state index in [1.54, 1.807) is 12.4 Å². The smallest absolute Gasteiger partial charge is 0.259 e. The average Bonchev–Trinajstić information content (AvgIpc) is 2.88. The number of nitrogens with zero attached hydrogens (tertiary/aromatic N) is 2. The second-order valence-electron chi connectivity index (χ2n) is 6.05. The summed E-state index contributed by atoms with van der Waals surface area (Å²) in [5.41, 5.74) is 1.79. The Bertz CT molecular complexity index is 962. The molecule has 1 atom stereocenters. The van der Waals surface area contributed by atoms with Crippen molar-refractivity contribution < 1.29 is 4.79 Å². The van der Waals surface area contributed by atoms with Gasteiger partial charge < -0.3 is 10.3 Å². The lowest BCUT2D eigenvalue weighted by Gasteiger charge is -2.13. The number of pyridine rings is 1. The fourth-order valence-corrected chi connectivity index (χ4v) is 3.73. The van der Waals surface area contributed by atoms with Crippen LogP contribution in [0.4, 0.5) is 0 Å². The van der Waals surface area contributed by atoms with Crippen molar-refractivity contribution >= 4 is 27.5 Å². The van der Waals surface area contributed by atoms with Gasteiger partial charge in [-0.25, -0.2) is 4.98 Å². The van der Waals surface area contributed by atoms with Gasteiger partial charge in [-0.05, 0) is 38.0 Å². The van der Waals surface area contributed by atoms with Gasteiger partial charge in [0.15, 0.2) is 0 Å². The molecule has 6 nitrogen and oxygen atoms in total. The molecule has 25 heavy (non-hydrogen) atoms. The first-order valence-electron chi connectivity index (χ1n) is 8.14. The standard InChI is InChI=1S/C18H20N4O2S/c1-10-12(3)25-18-16(10)17(24)21-14(22-18)6-7-15(23)20-11(2)13-5-4-8-19-9-13/h4-5,8-9,11H,6-7H2,1-3H3,(H,20,23)(H,21,22,24)/t11-/m1/s1. The fraction of sp³-hybridized carbons (Fsp3) is 0.333. The monoisotopic (exact) mass is 356 g/mol. The molecule has 0 aliphatic carbocycles. The van der Waals surface area contributed by atoms with Crippen molar-refractivity contribution in [3.63, 3.8) is 0 Å². The van der Waals surface area contributed by atoms with Gasteiger partial charge in [0.25, 0.3) is 5.56 Å². The highest BCUT2D eigenvalue weighted by Gasteiger charge is 2.14. The summed E-state index contributed by atoms with van der Waals surface area (Å²) in [5.74, 6) is 0.459. The summed E-state index contributed by atoms with van der Waals surface area (Å²) in [6, 6.07) is 3.65. The zero-order chi connectivity index (χ0) is 18.0. The van der Waals surface area contributed by atoms with Crippen molar-refractivity contribution in [1.29, 1.82) is 0 Å². The number of hydrogen-bond donors (Lipinski definition) is 2. The number of carbonyl (C=O) groups is 1. The Morgan fingerprint density at radius 2 is 2.20 bits per heavy atom. The summed E-state index contributed by atoms with van der Waals surface area (Å²) in [7, 11) is 0. The number of carbonyl (C=O) groups excluding carboxylic acids is 1. The van der Waals surface area contributed by atoms with Gasteiger partial charge in [-0.1, -0.05) is 6.07 Å². The fourth-order valence-electron chi connectivity index (χ4n) is 2.68. The largest absolute Gasteiger partial charge is 0.350 e. The molecule has 0 spiro atoms. The molecule has 0 saturated carbocycles. The first-order valence-corrected chi connectivity index (χ1v) is 8.95. The van der Waals surface area contributed by atoms with E-state index in [1.807, 2.05) is 32.9 Å². The Morgan fingerprint density at radius 3 is 2.92 bits per heavy atom. The SMILES string of the molecule is Cc1sc2nc(CCC(=O)N[C@H](C)c3cccnc3)[nH]c(=O)c2c1C. The number of thiophene rings is 1. The van der Waals surface area contributed by atoms with Gasteiger partial charge in [-0.15, -0.1) is 11.3 Å². The lowest BCUT2D eigenvalue weighted by Crippen LogP contribution is -2.27. The van der Waals surface area contributed by atoms with E-state index in [4.69, 9.17) is 0 Å². The van der Waals surface area contributed by atoms with Crippen molar-refractivity contribution in [1.82, 2.24) is 20.3 Å². The van der Waals surface area contributed by atoms with Crippen LogP contribution in [0.2, 0.25) is 0 Å². The van der Waals surface area contributed by atoms with Gasteiger partial charge in [0.05, 0.1) is 11.4 Å². The minimum Gasteiger partial charge on any atom is -0.350 e. The quantitative estimate of drug-likeness (QED) is 0.736. The number of fused-ring (bicyclic) bond motifs is 1. The van der Waals surface area contributed by atoms with Crippen molar-refractivity contribution in [3.05, 3.63) is 56.7 Å². The number of H-pyrrole nitrogens is 1. The van der Waals surface area contributed by atoms with Crippen molar-refractivity contribution in [3.8, 4) is 0 Å². The third kappa shape index (κ3) is 3.76. The zero-order valence-corrected chi connectivity index (χ0v) is 15.2. The third-order valence-corrected chi connectivity index (χ3v) is 5.34. The van der Waals surface area contributed by atoms with E-state index in [0.717, 1.165) is 20.8 Å². The van der Waals surface area contributed by atoms with Crippen LogP contribution in [-0.4, -0.2) is 20.9 Å². The summed E-state index contributed by atoms with van der Waals surface area (Å²) < 4.78 is 0. The molecular formula is C18H20N4O2S. The van der Waals surface area contributed by atoms with E-state index in [-0.39, 0.29) is 23.9 Å². The van der Waals surface area contributed by atoms with Crippen LogP contribution < -0.4 is 10.9 Å². The molecule has 0 radical (unpaired) electrons. The predicted octanol–water partition coefficient (Wildman–Crippen LogP) is 2.81. The van der Waals surface area contributed by atoms with Crippen LogP contribution in [0.5, 0.6) is 0 Å². The third-order valence-electron chi connectivity index (χ3n) is 4.24. The van der Waals surface area contributed by atoms with Crippen LogP contribution in [0.25, 0.3) is 10.2 Å². The maximum absolute atomic E-state index is 12.2. The number of aromatic nitrogens is 3. The van der Waals surface area contributed by atoms with Gasteiger partial charge in [0.1, 0.15) is 10.7 Å². The van der Waals surface area contributed by atoms with Crippen LogP contribution in [0.1, 0.15) is 41.2 Å². The maximum Gasteiger partial charge on any atom is 0.259 e. The number of rotatable bonds is 5. The molecule has 0 aromatic carbocycles. The van der Waals surface area contributed by atoms with Gasteiger partial charge in [0.2, 0.25) is 5.91 Å². The lowest BCUT2D eigenvalue weighted by molar-refractivity contribution is -0.121. The summed E-state index contributed by atoms with van der Waals surface area (Å²) >= 11 is 1.51. The molecule has 0 aliphatic heterocycles. The molecule has 7 heteroatoms. The summed E-state index contributed by atoms with van der Waals surface area (Å²) in [6.45, 7) is 5.82. The minimum absolute atomic E-state index is 0.0855. The van der Waals surface area contributed by atoms with E-state index >= 15 is 0 Å². The second-order valence-corrected chi connectivity index (χ2v) is 7.25. The number of hydrogen-bond acceptors (Lipinski definition) is 5. The van der Waals surface area contributed by atoms with Crippen molar-refractivity contribution in [2.75, 3.05) is 0 Å². The lowest BCUT2D eigenvalue weighted by atomic mass is 10.1. The van der Waals surface area contributed by atoms with Crippen LogP contribution in [0.15, 0.2) is 29.3 Å². The molecule has 3 aromatic heterocycles. The van der Waals surface area contributed by atoms with Gasteiger partial charge in [0, 0.05) is 30.1 Å². The number of nitrogens with one attached hydrogen (secondary N) is 2. The van der Waals surface area contributed by atoms with Crippen LogP contribution in [0, 0.1) is 13.8 Å². The molecular weight excluding hydrogens is 336 g/mol. The maximum atomic E-state index is 12.2. The van der Waals surface area contributed by atoms with Gasteiger partial charge in [-0.2, -0.15) is 0 Å². The van der Waals surface area contributed by atoms with Crippen LogP contribution in [-0.2, 0) is 11.2 Å². The molecule has 0 aliphatic rings. The minimum atomic E-state index is -0.133. The highest BCUT2D eigenvalue weighted by molar-refractivity contribution is 7.18. The molecule has 2 N–H and O–H groups in total. The Labute approximate surface area is 149 Å². The first-order chi connectivity index (χ1) is 12.0. The number of aryl methyl sites for hydroxylation is 3. The highest BCUT2D eigenvalue weighted by Crippen LogP contribution is 2.25. The van der Waals surface area contributed by atoms with Gasteiger partial charge in [-0.3, -0.25) is 14.6 Å². The average molecular weight is 356 g/mol. The topological polar surface area (TPSA) is 87.7 Å². The first kappa shape index (κ1) is 17.3. The molecule has 3 heterocycles. The van der Waals surface area contributed by atoms with Crippen molar-refractivity contribution in [2.24, 2.45) is 0 Å². The van der Waals surface area contributed by atoms with Crippen LogP contribution >= 0.6 is 11.3 Å². The molecule has 3 aromatic rings. The Hall–Kier alpha value is -2.54. The second kappa shape index (κ2) is 7.14. The normalized spacial score (nSPS) is 12.3. The molecule has 130 valence electrons. The Kier molecular flexibility index (Phi) is 4.94. The number of aromatic amines is 1. The summed E-state index contributed by atoms with van der Waals surface area (Å²) in [6.07, 6.45) is 4.10. The van der Waals surface area contributed by atoms with E-state index in [1.165, 1.54) is 11.3 Å².